The molecule has 4 aromatic rings. The molecule has 0 amide bonds. The molecule has 0 saturated heterocycles. The third-order valence-electron chi connectivity index (χ3n) is 6.18. The SMILES string of the molecule is COC(=O)C(C)(C)CC(C)(C)COc1ccc(-c2cc3c(NCc4ccccc4)ncnc3[nH]2)cc1. The van der Waals surface area contributed by atoms with Crippen molar-refractivity contribution in [2.75, 3.05) is 19.0 Å². The Bertz CT molecular complexity index is 1310. The number of benzene rings is 2. The summed E-state index contributed by atoms with van der Waals surface area (Å²) in [6.07, 6.45) is 2.22. The number of anilines is 1. The Morgan fingerprint density at radius 2 is 1.72 bits per heavy atom. The Kier molecular flexibility index (Phi) is 7.29. The number of hydrogen-bond acceptors (Lipinski definition) is 6. The van der Waals surface area contributed by atoms with E-state index in [1.54, 1.807) is 6.33 Å². The number of fused-ring (bicyclic) bond motifs is 1. The van der Waals surface area contributed by atoms with Crippen LogP contribution in [0.3, 0.4) is 0 Å². The van der Waals surface area contributed by atoms with Crippen molar-refractivity contribution in [3.8, 4) is 17.0 Å². The lowest BCUT2D eigenvalue weighted by molar-refractivity contribution is -0.152. The quantitative estimate of drug-likeness (QED) is 0.258. The van der Waals surface area contributed by atoms with Gasteiger partial charge in [-0.2, -0.15) is 0 Å². The first-order valence-electron chi connectivity index (χ1n) is 12.1. The van der Waals surface area contributed by atoms with Gasteiger partial charge in [0, 0.05) is 12.2 Å². The first-order valence-corrected chi connectivity index (χ1v) is 12.1. The number of aromatic amines is 1. The van der Waals surface area contributed by atoms with Crippen LogP contribution >= 0.6 is 0 Å². The lowest BCUT2D eigenvalue weighted by Gasteiger charge is -2.32. The third-order valence-corrected chi connectivity index (χ3v) is 6.18. The molecule has 188 valence electrons. The zero-order chi connectivity index (χ0) is 25.8. The molecule has 0 bridgehead atoms. The highest BCUT2D eigenvalue weighted by Gasteiger charge is 2.36. The van der Waals surface area contributed by atoms with Crippen molar-refractivity contribution in [1.82, 2.24) is 15.0 Å². The zero-order valence-electron chi connectivity index (χ0n) is 21.6. The fraction of sp³-hybridized carbons (Fsp3) is 0.345. The molecule has 4 rings (SSSR count). The number of methoxy groups -OCH3 is 1. The van der Waals surface area contributed by atoms with Crippen LogP contribution in [0.5, 0.6) is 5.75 Å². The van der Waals surface area contributed by atoms with E-state index in [1.165, 1.54) is 12.7 Å². The van der Waals surface area contributed by atoms with Crippen LogP contribution in [0.4, 0.5) is 5.82 Å². The highest BCUT2D eigenvalue weighted by Crippen LogP contribution is 2.35. The highest BCUT2D eigenvalue weighted by molar-refractivity contribution is 5.91. The van der Waals surface area contributed by atoms with Crippen LogP contribution in [-0.4, -0.2) is 34.6 Å². The van der Waals surface area contributed by atoms with E-state index in [-0.39, 0.29) is 11.4 Å². The van der Waals surface area contributed by atoms with Gasteiger partial charge in [-0.05, 0) is 67.1 Å². The van der Waals surface area contributed by atoms with Crippen LogP contribution in [0.1, 0.15) is 39.7 Å². The zero-order valence-corrected chi connectivity index (χ0v) is 21.6. The summed E-state index contributed by atoms with van der Waals surface area (Å²) in [6.45, 7) is 9.19. The van der Waals surface area contributed by atoms with Gasteiger partial charge in [-0.1, -0.05) is 44.2 Å². The van der Waals surface area contributed by atoms with Crippen LogP contribution in [0, 0.1) is 10.8 Å². The molecule has 0 unspecified atom stereocenters. The summed E-state index contributed by atoms with van der Waals surface area (Å²) < 4.78 is 11.0. The van der Waals surface area contributed by atoms with Crippen LogP contribution in [0.25, 0.3) is 22.3 Å². The topological polar surface area (TPSA) is 89.1 Å². The van der Waals surface area contributed by atoms with Gasteiger partial charge in [0.15, 0.2) is 0 Å². The van der Waals surface area contributed by atoms with Crippen molar-refractivity contribution >= 4 is 22.8 Å². The lowest BCUT2D eigenvalue weighted by atomic mass is 9.75. The summed E-state index contributed by atoms with van der Waals surface area (Å²) >= 11 is 0. The normalized spacial score (nSPS) is 11.9. The molecule has 7 nitrogen and oxygen atoms in total. The number of aromatic nitrogens is 3. The molecule has 2 heterocycles. The van der Waals surface area contributed by atoms with Crippen LogP contribution in [0.15, 0.2) is 67.0 Å². The molecule has 2 N–H and O–H groups in total. The van der Waals surface area contributed by atoms with Crippen molar-refractivity contribution in [2.45, 2.75) is 40.7 Å². The van der Waals surface area contributed by atoms with E-state index in [4.69, 9.17) is 9.47 Å². The summed E-state index contributed by atoms with van der Waals surface area (Å²) in [4.78, 5) is 24.3. The third kappa shape index (κ3) is 6.03. The Hall–Kier alpha value is -3.87. The van der Waals surface area contributed by atoms with Crippen molar-refractivity contribution < 1.29 is 14.3 Å². The van der Waals surface area contributed by atoms with Crippen molar-refractivity contribution in [3.05, 3.63) is 72.6 Å². The van der Waals surface area contributed by atoms with Gasteiger partial charge >= 0.3 is 5.97 Å². The monoisotopic (exact) mass is 486 g/mol. The fourth-order valence-corrected chi connectivity index (χ4v) is 4.62. The van der Waals surface area contributed by atoms with E-state index in [0.29, 0.717) is 19.6 Å². The maximum absolute atomic E-state index is 12.1. The van der Waals surface area contributed by atoms with Gasteiger partial charge in [0.05, 0.1) is 24.5 Å². The Morgan fingerprint density at radius 3 is 2.42 bits per heavy atom. The van der Waals surface area contributed by atoms with Crippen LogP contribution in [-0.2, 0) is 16.1 Å². The predicted octanol–water partition coefficient (Wildman–Crippen LogP) is 6.23. The maximum atomic E-state index is 12.1. The highest BCUT2D eigenvalue weighted by atomic mass is 16.5. The molecule has 0 fully saturated rings. The Balaban J connectivity index is 1.42. The molecule has 7 heteroatoms. The van der Waals surface area contributed by atoms with E-state index in [2.05, 4.69) is 52.3 Å². The van der Waals surface area contributed by atoms with E-state index < -0.39 is 5.41 Å². The summed E-state index contributed by atoms with van der Waals surface area (Å²) in [6, 6.07) is 20.3. The first-order chi connectivity index (χ1) is 17.2. The van der Waals surface area contributed by atoms with Crippen molar-refractivity contribution in [1.29, 1.82) is 0 Å². The standard InChI is InChI=1S/C29H34N4O3/c1-28(2,17-29(3,4)27(34)35-5)18-36-22-13-11-21(12-14-22)24-15-23-25(31-19-32-26(23)33-24)30-16-20-9-7-6-8-10-20/h6-15,19H,16-18H2,1-5H3,(H2,30,31,32,33). The van der Waals surface area contributed by atoms with Gasteiger partial charge in [0.25, 0.3) is 0 Å². The minimum atomic E-state index is -0.571. The van der Waals surface area contributed by atoms with E-state index in [9.17, 15) is 4.79 Å². The number of carbonyl (C=O) groups excluding carboxylic acids is 1. The molecule has 0 aliphatic rings. The molecule has 0 atom stereocenters. The number of nitrogens with one attached hydrogen (secondary N) is 2. The summed E-state index contributed by atoms with van der Waals surface area (Å²) in [5.74, 6) is 1.37. The van der Waals surface area contributed by atoms with Gasteiger partial charge in [0.2, 0.25) is 0 Å². The van der Waals surface area contributed by atoms with Crippen LogP contribution < -0.4 is 10.1 Å². The van der Waals surface area contributed by atoms with Gasteiger partial charge < -0.3 is 19.8 Å². The largest absolute Gasteiger partial charge is 0.493 e. The molecular weight excluding hydrogens is 452 g/mol. The van der Waals surface area contributed by atoms with Crippen LogP contribution in [0.2, 0.25) is 0 Å². The van der Waals surface area contributed by atoms with Gasteiger partial charge in [-0.25, -0.2) is 9.97 Å². The van der Waals surface area contributed by atoms with E-state index >= 15 is 0 Å². The smallest absolute Gasteiger partial charge is 0.311 e. The van der Waals surface area contributed by atoms with E-state index in [1.807, 2.05) is 56.3 Å². The molecular formula is C29H34N4O3. The number of H-pyrrole nitrogens is 1. The molecule has 0 radical (unpaired) electrons. The average molecular weight is 487 g/mol. The average Bonchev–Trinajstić information content (AvgIpc) is 3.31. The Labute approximate surface area is 212 Å². The van der Waals surface area contributed by atoms with Crippen molar-refractivity contribution in [2.24, 2.45) is 10.8 Å². The number of ether oxygens (including phenoxy) is 2. The molecule has 36 heavy (non-hydrogen) atoms. The number of hydrogen-bond donors (Lipinski definition) is 2. The minimum absolute atomic E-state index is 0.199. The fourth-order valence-electron chi connectivity index (χ4n) is 4.62. The molecule has 0 spiro atoms. The van der Waals surface area contributed by atoms with E-state index in [0.717, 1.165) is 33.9 Å². The molecule has 2 aromatic carbocycles. The van der Waals surface area contributed by atoms with Gasteiger partial charge in [-0.3, -0.25) is 4.79 Å². The second kappa shape index (κ2) is 10.4. The summed E-state index contributed by atoms with van der Waals surface area (Å²) in [7, 11) is 1.43. The lowest BCUT2D eigenvalue weighted by Crippen LogP contribution is -2.34. The molecule has 2 aromatic heterocycles. The number of rotatable bonds is 10. The number of esters is 1. The number of carbonyl (C=O) groups is 1. The summed E-state index contributed by atoms with van der Waals surface area (Å²) in [5, 5.41) is 4.36. The minimum Gasteiger partial charge on any atom is -0.493 e. The second-order valence-corrected chi connectivity index (χ2v) is 10.5. The van der Waals surface area contributed by atoms with Gasteiger partial charge in [-0.15, -0.1) is 0 Å². The molecule has 0 aliphatic heterocycles. The number of nitrogens with zero attached hydrogens (tertiary/aromatic N) is 2. The predicted molar refractivity (Wildman–Crippen MR) is 143 cm³/mol. The maximum Gasteiger partial charge on any atom is 0.311 e. The molecule has 0 saturated carbocycles. The Morgan fingerprint density at radius 1 is 1.00 bits per heavy atom. The second-order valence-electron chi connectivity index (χ2n) is 10.5. The molecule has 0 aliphatic carbocycles. The van der Waals surface area contributed by atoms with Gasteiger partial charge in [0.1, 0.15) is 23.5 Å². The van der Waals surface area contributed by atoms with Crippen molar-refractivity contribution in [3.63, 3.8) is 0 Å². The summed E-state index contributed by atoms with van der Waals surface area (Å²) in [5.41, 5.74) is 3.19. The first kappa shape index (κ1) is 25.2.